The van der Waals surface area contributed by atoms with E-state index in [4.69, 9.17) is 18.9 Å². The third-order valence-corrected chi connectivity index (χ3v) is 5.60. The highest BCUT2D eigenvalue weighted by atomic mass is 16.5. The lowest BCUT2D eigenvalue weighted by atomic mass is 10.1. The van der Waals surface area contributed by atoms with Gasteiger partial charge in [-0.25, -0.2) is 4.98 Å². The molecule has 1 amide bonds. The minimum absolute atomic E-state index is 0.0553. The molecule has 178 valence electrons. The Morgan fingerprint density at radius 3 is 2.68 bits per heavy atom. The number of methoxy groups -OCH3 is 1. The zero-order chi connectivity index (χ0) is 23.6. The number of pyridine rings is 1. The Morgan fingerprint density at radius 2 is 1.79 bits per heavy atom. The first-order valence-corrected chi connectivity index (χ1v) is 11.6. The molecule has 0 saturated heterocycles. The Balaban J connectivity index is 1.52. The molecule has 0 fully saturated rings. The van der Waals surface area contributed by atoms with Crippen LogP contribution in [0.1, 0.15) is 31.2 Å². The van der Waals surface area contributed by atoms with Gasteiger partial charge in [-0.2, -0.15) is 0 Å². The second-order valence-corrected chi connectivity index (χ2v) is 8.06. The van der Waals surface area contributed by atoms with Crippen molar-refractivity contribution in [1.82, 2.24) is 9.88 Å². The summed E-state index contributed by atoms with van der Waals surface area (Å²) in [6, 6.07) is 18.6. The summed E-state index contributed by atoms with van der Waals surface area (Å²) >= 11 is 0. The van der Waals surface area contributed by atoms with E-state index in [0.717, 1.165) is 31.2 Å². The summed E-state index contributed by atoms with van der Waals surface area (Å²) in [6.45, 7) is 1.57. The number of carbonyl (C=O) groups excluding carboxylic acids is 1. The second-order valence-electron chi connectivity index (χ2n) is 8.06. The van der Waals surface area contributed by atoms with Crippen LogP contribution in [-0.2, 0) is 11.3 Å². The first kappa shape index (κ1) is 23.4. The SMILES string of the molecule is COc1cccc(OCC(=O)N2CCCCCCOc3ccccc3Oc3ncccc3C2)c1. The fourth-order valence-corrected chi connectivity index (χ4v) is 3.76. The fraction of sp³-hybridized carbons (Fsp3) is 0.333. The first-order chi connectivity index (χ1) is 16.7. The quantitative estimate of drug-likeness (QED) is 0.528. The van der Waals surface area contributed by atoms with E-state index in [0.29, 0.717) is 48.6 Å². The minimum Gasteiger partial charge on any atom is -0.497 e. The van der Waals surface area contributed by atoms with Crippen molar-refractivity contribution in [1.29, 1.82) is 0 Å². The van der Waals surface area contributed by atoms with E-state index in [1.807, 2.05) is 59.5 Å². The Bertz CT molecular complexity index is 1090. The maximum absolute atomic E-state index is 13.2. The van der Waals surface area contributed by atoms with Gasteiger partial charge in [0.1, 0.15) is 11.5 Å². The van der Waals surface area contributed by atoms with E-state index >= 15 is 0 Å². The van der Waals surface area contributed by atoms with Crippen molar-refractivity contribution in [3.05, 3.63) is 72.4 Å². The number of rotatable bonds is 4. The molecule has 7 heteroatoms. The third kappa shape index (κ3) is 6.41. The lowest BCUT2D eigenvalue weighted by Gasteiger charge is -2.24. The molecule has 7 nitrogen and oxygen atoms in total. The summed E-state index contributed by atoms with van der Waals surface area (Å²) < 4.78 is 23.1. The van der Waals surface area contributed by atoms with Crippen molar-refractivity contribution in [2.24, 2.45) is 0 Å². The number of amides is 1. The molecule has 34 heavy (non-hydrogen) atoms. The molecule has 1 aromatic heterocycles. The number of benzene rings is 2. The molecule has 0 bridgehead atoms. The van der Waals surface area contributed by atoms with Crippen LogP contribution < -0.4 is 18.9 Å². The van der Waals surface area contributed by atoms with Crippen LogP contribution in [0.5, 0.6) is 28.9 Å². The van der Waals surface area contributed by atoms with E-state index < -0.39 is 0 Å². The molecule has 0 radical (unpaired) electrons. The molecule has 3 aromatic rings. The number of hydrogen-bond acceptors (Lipinski definition) is 6. The Morgan fingerprint density at radius 1 is 0.971 bits per heavy atom. The smallest absolute Gasteiger partial charge is 0.260 e. The van der Waals surface area contributed by atoms with Gasteiger partial charge in [-0.15, -0.1) is 0 Å². The van der Waals surface area contributed by atoms with Gasteiger partial charge in [0, 0.05) is 24.4 Å². The fourth-order valence-electron chi connectivity index (χ4n) is 3.76. The molecule has 0 spiro atoms. The van der Waals surface area contributed by atoms with Crippen LogP contribution >= 0.6 is 0 Å². The topological polar surface area (TPSA) is 70.1 Å². The number of fused-ring (bicyclic) bond motifs is 2. The first-order valence-electron chi connectivity index (χ1n) is 11.6. The monoisotopic (exact) mass is 462 g/mol. The van der Waals surface area contributed by atoms with Crippen molar-refractivity contribution in [3.63, 3.8) is 0 Å². The van der Waals surface area contributed by atoms with Crippen LogP contribution in [0.4, 0.5) is 0 Å². The molecular weight excluding hydrogens is 432 g/mol. The van der Waals surface area contributed by atoms with Crippen LogP contribution in [-0.4, -0.2) is 42.7 Å². The Kier molecular flexibility index (Phi) is 8.22. The number of nitrogens with zero attached hydrogens (tertiary/aromatic N) is 2. The minimum atomic E-state index is -0.0894. The highest BCUT2D eigenvalue weighted by Gasteiger charge is 2.19. The highest BCUT2D eigenvalue weighted by Crippen LogP contribution is 2.32. The van der Waals surface area contributed by atoms with Crippen LogP contribution in [0.2, 0.25) is 0 Å². The van der Waals surface area contributed by atoms with E-state index in [9.17, 15) is 4.79 Å². The molecular formula is C27H30N2O5. The van der Waals surface area contributed by atoms with Crippen LogP contribution in [0.25, 0.3) is 0 Å². The number of hydrogen-bond donors (Lipinski definition) is 0. The number of carbonyl (C=O) groups is 1. The van der Waals surface area contributed by atoms with Crippen molar-refractivity contribution >= 4 is 5.91 Å². The largest absolute Gasteiger partial charge is 0.497 e. The van der Waals surface area contributed by atoms with E-state index in [-0.39, 0.29) is 12.5 Å². The molecule has 0 atom stereocenters. The molecule has 0 N–H and O–H groups in total. The third-order valence-electron chi connectivity index (χ3n) is 5.60. The summed E-state index contributed by atoms with van der Waals surface area (Å²) in [5, 5.41) is 0. The molecule has 4 rings (SSSR count). The van der Waals surface area contributed by atoms with Gasteiger partial charge in [0.05, 0.1) is 20.3 Å². The van der Waals surface area contributed by atoms with E-state index in [1.165, 1.54) is 0 Å². The molecule has 0 unspecified atom stereocenters. The number of para-hydroxylation sites is 2. The van der Waals surface area contributed by atoms with Gasteiger partial charge >= 0.3 is 0 Å². The van der Waals surface area contributed by atoms with Gasteiger partial charge < -0.3 is 23.8 Å². The van der Waals surface area contributed by atoms with E-state index in [2.05, 4.69) is 4.98 Å². The van der Waals surface area contributed by atoms with Crippen molar-refractivity contribution < 1.29 is 23.7 Å². The lowest BCUT2D eigenvalue weighted by Crippen LogP contribution is -2.35. The van der Waals surface area contributed by atoms with Gasteiger partial charge in [-0.3, -0.25) is 4.79 Å². The normalized spacial score (nSPS) is 14.4. The maximum atomic E-state index is 13.2. The predicted molar refractivity (Wildman–Crippen MR) is 129 cm³/mol. The summed E-state index contributed by atoms with van der Waals surface area (Å²) in [5.74, 6) is 2.95. The zero-order valence-corrected chi connectivity index (χ0v) is 19.4. The molecule has 0 aliphatic carbocycles. The summed E-state index contributed by atoms with van der Waals surface area (Å²) in [6.07, 6.45) is 5.57. The zero-order valence-electron chi connectivity index (χ0n) is 19.4. The van der Waals surface area contributed by atoms with Gasteiger partial charge in [0.15, 0.2) is 18.1 Å². The summed E-state index contributed by atoms with van der Waals surface area (Å²) in [7, 11) is 1.60. The van der Waals surface area contributed by atoms with Gasteiger partial charge in [0.25, 0.3) is 5.91 Å². The highest BCUT2D eigenvalue weighted by molar-refractivity contribution is 5.77. The van der Waals surface area contributed by atoms with Gasteiger partial charge in [0.2, 0.25) is 5.88 Å². The molecule has 1 aliphatic rings. The van der Waals surface area contributed by atoms with Crippen LogP contribution in [0.3, 0.4) is 0 Å². The average molecular weight is 463 g/mol. The second kappa shape index (κ2) is 11.9. The van der Waals surface area contributed by atoms with Gasteiger partial charge in [-0.1, -0.05) is 37.1 Å². The average Bonchev–Trinajstić information content (AvgIpc) is 2.87. The summed E-state index contributed by atoms with van der Waals surface area (Å²) in [5.41, 5.74) is 0.823. The predicted octanol–water partition coefficient (Wildman–Crippen LogP) is 5.24. The Labute approximate surface area is 200 Å². The number of ether oxygens (including phenoxy) is 4. The molecule has 2 heterocycles. The van der Waals surface area contributed by atoms with E-state index in [1.54, 1.807) is 19.4 Å². The van der Waals surface area contributed by atoms with Crippen LogP contribution in [0.15, 0.2) is 66.9 Å². The molecule has 2 aromatic carbocycles. The summed E-state index contributed by atoms with van der Waals surface area (Å²) in [4.78, 5) is 19.4. The Hall–Kier alpha value is -3.74. The van der Waals surface area contributed by atoms with Crippen LogP contribution in [0, 0.1) is 0 Å². The lowest BCUT2D eigenvalue weighted by molar-refractivity contribution is -0.134. The van der Waals surface area contributed by atoms with Crippen molar-refractivity contribution in [2.45, 2.75) is 32.2 Å². The number of aromatic nitrogens is 1. The van der Waals surface area contributed by atoms with Crippen molar-refractivity contribution in [2.75, 3.05) is 26.9 Å². The molecule has 0 saturated carbocycles. The van der Waals surface area contributed by atoms with Gasteiger partial charge in [-0.05, 0) is 43.2 Å². The van der Waals surface area contributed by atoms with Crippen molar-refractivity contribution in [3.8, 4) is 28.9 Å². The maximum Gasteiger partial charge on any atom is 0.260 e. The molecule has 1 aliphatic heterocycles. The standard InChI is InChI=1S/C27H30N2O5/c1-31-22-11-8-12-23(18-22)33-20-26(30)29-16-6-2-3-7-17-32-24-13-4-5-14-25(24)34-27-21(19-29)10-9-15-28-27/h4-5,8-15,18H,2-3,6-7,16-17,19-20H2,1H3.